The maximum atomic E-state index is 12.5. The molecule has 0 fully saturated rings. The molecular formula is C9H5ClF5NO4. The van der Waals surface area contributed by atoms with E-state index in [0.29, 0.717) is 0 Å². The van der Waals surface area contributed by atoms with Gasteiger partial charge in [0.05, 0.1) is 5.69 Å². The van der Waals surface area contributed by atoms with E-state index < -0.39 is 18.4 Å². The van der Waals surface area contributed by atoms with E-state index >= 15 is 0 Å². The molecule has 0 radical (unpaired) electrons. The Balaban J connectivity index is 0.000000246. The number of nitrogen functional groups attached to an aromatic ring is 1. The number of fused-ring (bicyclic) bond motifs is 1. The van der Waals surface area contributed by atoms with Crippen LogP contribution >= 0.6 is 11.6 Å². The Bertz CT molecular complexity index is 534. The Labute approximate surface area is 112 Å². The molecule has 11 heteroatoms. The van der Waals surface area contributed by atoms with Crippen molar-refractivity contribution in [1.82, 2.24) is 0 Å². The number of halogens is 6. The maximum absolute atomic E-state index is 12.5. The Morgan fingerprint density at radius 2 is 1.80 bits per heavy atom. The molecule has 112 valence electrons. The van der Waals surface area contributed by atoms with E-state index in [1.54, 1.807) is 0 Å². The van der Waals surface area contributed by atoms with Gasteiger partial charge < -0.3 is 20.3 Å². The number of anilines is 1. The van der Waals surface area contributed by atoms with E-state index in [9.17, 15) is 22.0 Å². The van der Waals surface area contributed by atoms with E-state index in [-0.39, 0.29) is 22.2 Å². The average molecular weight is 322 g/mol. The van der Waals surface area contributed by atoms with Crippen LogP contribution in [0.4, 0.5) is 27.6 Å². The molecule has 20 heavy (non-hydrogen) atoms. The third-order valence-corrected chi connectivity index (χ3v) is 2.17. The van der Waals surface area contributed by atoms with Crippen molar-refractivity contribution in [2.24, 2.45) is 0 Å². The summed E-state index contributed by atoms with van der Waals surface area (Å²) in [5, 5.41) is 7.06. The summed E-state index contributed by atoms with van der Waals surface area (Å²) >= 11 is 5.60. The molecule has 0 bridgehead atoms. The van der Waals surface area contributed by atoms with E-state index in [4.69, 9.17) is 27.2 Å². The van der Waals surface area contributed by atoms with Crippen molar-refractivity contribution in [3.8, 4) is 11.5 Å². The Morgan fingerprint density at radius 1 is 1.30 bits per heavy atom. The summed E-state index contributed by atoms with van der Waals surface area (Å²) in [5.41, 5.74) is 5.54. The molecule has 5 nitrogen and oxygen atoms in total. The third kappa shape index (κ3) is 3.76. The van der Waals surface area contributed by atoms with Gasteiger partial charge in [-0.25, -0.2) is 4.79 Å². The maximum Gasteiger partial charge on any atom is 0.586 e. The number of rotatable bonds is 0. The number of alkyl halides is 5. The van der Waals surface area contributed by atoms with Crippen LogP contribution in [0.3, 0.4) is 0 Å². The second-order valence-electron chi connectivity index (χ2n) is 3.27. The van der Waals surface area contributed by atoms with Gasteiger partial charge in [-0.3, -0.25) is 0 Å². The zero-order valence-corrected chi connectivity index (χ0v) is 9.93. The predicted octanol–water partition coefficient (Wildman–Crippen LogP) is 2.88. The normalized spacial score (nSPS) is 15.3. The first-order valence-corrected chi connectivity index (χ1v) is 4.96. The molecule has 0 saturated heterocycles. The fraction of sp³-hybridized carbons (Fsp3) is 0.222. The molecular weight excluding hydrogens is 317 g/mol. The Hall–Kier alpha value is -1.97. The lowest BCUT2D eigenvalue weighted by atomic mass is 10.3. The first-order valence-electron chi connectivity index (χ1n) is 4.58. The number of hydrogen-bond donors (Lipinski definition) is 2. The summed E-state index contributed by atoms with van der Waals surface area (Å²) in [6, 6.07) is 2.64. The highest BCUT2D eigenvalue weighted by Crippen LogP contribution is 2.47. The molecule has 0 saturated carbocycles. The van der Waals surface area contributed by atoms with Gasteiger partial charge in [0.1, 0.15) is 5.02 Å². The summed E-state index contributed by atoms with van der Waals surface area (Å²) in [5.74, 6) is -3.08. The molecule has 1 aliphatic rings. The first kappa shape index (κ1) is 16.1. The van der Waals surface area contributed by atoms with Crippen molar-refractivity contribution >= 4 is 23.3 Å². The minimum absolute atomic E-state index is 0.0605. The Kier molecular flexibility index (Phi) is 4.18. The van der Waals surface area contributed by atoms with E-state index in [1.807, 2.05) is 0 Å². The van der Waals surface area contributed by atoms with E-state index in [2.05, 4.69) is 9.47 Å². The minimum Gasteiger partial charge on any atom is -0.475 e. The standard InChI is InChI=1S/C7H4ClF2NO2.C2HF3O2/c8-5-3(11)1-2-4-6(5)13-7(9,10)12-4;3-2(4,5)1(6)7/h1-2H,11H2;(H,6,7). The molecule has 3 N–H and O–H groups in total. The van der Waals surface area contributed by atoms with Crippen LogP contribution in [0.2, 0.25) is 5.02 Å². The van der Waals surface area contributed by atoms with Crippen LogP contribution in [0.5, 0.6) is 11.5 Å². The van der Waals surface area contributed by atoms with Gasteiger partial charge >= 0.3 is 18.4 Å². The highest BCUT2D eigenvalue weighted by atomic mass is 35.5. The molecule has 1 aliphatic heterocycles. The monoisotopic (exact) mass is 321 g/mol. The largest absolute Gasteiger partial charge is 0.586 e. The minimum atomic E-state index is -5.08. The van der Waals surface area contributed by atoms with Gasteiger partial charge in [-0.05, 0) is 12.1 Å². The average Bonchev–Trinajstić information content (AvgIpc) is 2.59. The van der Waals surface area contributed by atoms with Crippen molar-refractivity contribution in [3.05, 3.63) is 17.2 Å². The fourth-order valence-corrected chi connectivity index (χ4v) is 1.19. The smallest absolute Gasteiger partial charge is 0.475 e. The van der Waals surface area contributed by atoms with Gasteiger partial charge in [0.15, 0.2) is 11.5 Å². The zero-order valence-electron chi connectivity index (χ0n) is 9.17. The van der Waals surface area contributed by atoms with Gasteiger partial charge in [-0.1, -0.05) is 11.6 Å². The molecule has 0 spiro atoms. The van der Waals surface area contributed by atoms with Crippen molar-refractivity contribution in [3.63, 3.8) is 0 Å². The summed E-state index contributed by atoms with van der Waals surface area (Å²) in [7, 11) is 0. The molecule has 1 aromatic rings. The van der Waals surface area contributed by atoms with Crippen molar-refractivity contribution < 1.29 is 41.3 Å². The van der Waals surface area contributed by atoms with Crippen LogP contribution in [-0.4, -0.2) is 23.5 Å². The lowest BCUT2D eigenvalue weighted by molar-refractivity contribution is -0.286. The highest BCUT2D eigenvalue weighted by molar-refractivity contribution is 6.34. The SMILES string of the molecule is Nc1ccc2c(c1Cl)OC(F)(F)O2.O=C(O)C(F)(F)F. The molecule has 0 atom stereocenters. The molecule has 2 rings (SSSR count). The zero-order chi connectivity index (χ0) is 15.7. The molecule has 0 aromatic heterocycles. The lowest BCUT2D eigenvalue weighted by Gasteiger charge is -2.04. The number of hydrogen-bond acceptors (Lipinski definition) is 4. The van der Waals surface area contributed by atoms with Crippen molar-refractivity contribution in [1.29, 1.82) is 0 Å². The lowest BCUT2D eigenvalue weighted by Crippen LogP contribution is -2.26. The molecule has 1 aromatic carbocycles. The quantitative estimate of drug-likeness (QED) is 0.567. The predicted molar refractivity (Wildman–Crippen MR) is 55.8 cm³/mol. The van der Waals surface area contributed by atoms with Crippen LogP contribution in [-0.2, 0) is 4.79 Å². The number of carboxylic acids is 1. The van der Waals surface area contributed by atoms with Gasteiger partial charge in [0.25, 0.3) is 0 Å². The van der Waals surface area contributed by atoms with Gasteiger partial charge in [-0.15, -0.1) is 8.78 Å². The number of ether oxygens (including phenoxy) is 2. The topological polar surface area (TPSA) is 81.8 Å². The molecule has 0 amide bonds. The van der Waals surface area contributed by atoms with Gasteiger partial charge in [0.2, 0.25) is 0 Å². The van der Waals surface area contributed by atoms with Gasteiger partial charge in [0, 0.05) is 0 Å². The van der Waals surface area contributed by atoms with E-state index in [0.717, 1.165) is 0 Å². The van der Waals surface area contributed by atoms with Crippen LogP contribution in [0.15, 0.2) is 12.1 Å². The van der Waals surface area contributed by atoms with E-state index in [1.165, 1.54) is 12.1 Å². The second kappa shape index (κ2) is 5.19. The van der Waals surface area contributed by atoms with Crippen molar-refractivity contribution in [2.75, 3.05) is 5.73 Å². The molecule has 0 aliphatic carbocycles. The van der Waals surface area contributed by atoms with Gasteiger partial charge in [-0.2, -0.15) is 13.2 Å². The number of aliphatic carboxylic acids is 1. The second-order valence-corrected chi connectivity index (χ2v) is 3.64. The summed E-state index contributed by atoms with van der Waals surface area (Å²) in [6.07, 6.45) is -8.74. The Morgan fingerprint density at radius 3 is 2.25 bits per heavy atom. The number of benzene rings is 1. The summed E-state index contributed by atoms with van der Waals surface area (Å²) < 4.78 is 65.0. The highest BCUT2D eigenvalue weighted by Gasteiger charge is 2.44. The summed E-state index contributed by atoms with van der Waals surface area (Å²) in [4.78, 5) is 8.90. The number of carboxylic acid groups (broad SMARTS) is 1. The molecule has 0 unspecified atom stereocenters. The first-order chi connectivity index (χ1) is 8.94. The number of carbonyl (C=O) groups is 1. The molecule has 1 heterocycles. The van der Waals surface area contributed by atoms with Crippen LogP contribution in [0.25, 0.3) is 0 Å². The number of nitrogens with two attached hydrogens (primary N) is 1. The fourth-order valence-electron chi connectivity index (χ4n) is 0.997. The third-order valence-electron chi connectivity index (χ3n) is 1.78. The van der Waals surface area contributed by atoms with Crippen LogP contribution in [0.1, 0.15) is 0 Å². The summed E-state index contributed by atoms with van der Waals surface area (Å²) in [6.45, 7) is 0. The van der Waals surface area contributed by atoms with Crippen LogP contribution in [0, 0.1) is 0 Å². The van der Waals surface area contributed by atoms with Crippen molar-refractivity contribution in [2.45, 2.75) is 12.5 Å². The van der Waals surface area contributed by atoms with Crippen LogP contribution < -0.4 is 15.2 Å².